The molecule has 0 radical (unpaired) electrons. The minimum Gasteiger partial charge on any atom is -0.390 e. The van der Waals surface area contributed by atoms with E-state index in [1.165, 1.54) is 18.4 Å². The molecule has 0 aromatic heterocycles. The van der Waals surface area contributed by atoms with E-state index >= 15 is 0 Å². The van der Waals surface area contributed by atoms with Crippen LogP contribution in [0.5, 0.6) is 0 Å². The second-order valence-corrected chi connectivity index (χ2v) is 4.64. The first-order valence-electron chi connectivity index (χ1n) is 5.89. The third-order valence-electron chi connectivity index (χ3n) is 2.94. The van der Waals surface area contributed by atoms with E-state index in [0.717, 1.165) is 5.56 Å². The average Bonchev–Trinajstić information content (AvgIpc) is 3.13. The lowest BCUT2D eigenvalue weighted by atomic mass is 10.1. The van der Waals surface area contributed by atoms with Crippen LogP contribution in [0.3, 0.4) is 0 Å². The van der Waals surface area contributed by atoms with Gasteiger partial charge in [0.25, 0.3) is 5.92 Å². The number of aliphatic hydroxyl groups is 1. The first kappa shape index (κ1) is 12.5. The molecule has 1 aliphatic carbocycles. The standard InChI is InChI=1S/C13H17F2NO/c14-13(15,9-17)8-16-7-10-2-1-3-12(6-10)11-4-5-11/h1-3,6,11,16-17H,4-5,7-9H2. The molecule has 94 valence electrons. The lowest BCUT2D eigenvalue weighted by molar-refractivity contribution is -0.0477. The second-order valence-electron chi connectivity index (χ2n) is 4.64. The number of aliphatic hydroxyl groups excluding tert-OH is 1. The van der Waals surface area contributed by atoms with Crippen molar-refractivity contribution in [2.24, 2.45) is 0 Å². The summed E-state index contributed by atoms with van der Waals surface area (Å²) in [6.07, 6.45) is 2.47. The Balaban J connectivity index is 1.84. The molecule has 0 unspecified atom stereocenters. The van der Waals surface area contributed by atoms with Gasteiger partial charge < -0.3 is 10.4 Å². The maximum absolute atomic E-state index is 12.8. The van der Waals surface area contributed by atoms with Gasteiger partial charge in [-0.1, -0.05) is 24.3 Å². The quantitative estimate of drug-likeness (QED) is 0.801. The highest BCUT2D eigenvalue weighted by Gasteiger charge is 2.27. The number of rotatable bonds is 6. The summed E-state index contributed by atoms with van der Waals surface area (Å²) in [6, 6.07) is 8.05. The number of halogens is 2. The highest BCUT2D eigenvalue weighted by atomic mass is 19.3. The summed E-state index contributed by atoms with van der Waals surface area (Å²) >= 11 is 0. The maximum Gasteiger partial charge on any atom is 0.282 e. The molecule has 1 fully saturated rings. The Morgan fingerprint density at radius 1 is 1.35 bits per heavy atom. The smallest absolute Gasteiger partial charge is 0.282 e. The van der Waals surface area contributed by atoms with Crippen molar-refractivity contribution < 1.29 is 13.9 Å². The molecule has 0 bridgehead atoms. The summed E-state index contributed by atoms with van der Waals surface area (Å²) in [5.74, 6) is -2.36. The summed E-state index contributed by atoms with van der Waals surface area (Å²) < 4.78 is 25.5. The predicted octanol–water partition coefficient (Wildman–Crippen LogP) is 2.28. The van der Waals surface area contributed by atoms with Gasteiger partial charge in [-0.15, -0.1) is 0 Å². The molecule has 0 saturated heterocycles. The zero-order chi connectivity index (χ0) is 12.3. The van der Waals surface area contributed by atoms with Crippen molar-refractivity contribution in [2.75, 3.05) is 13.2 Å². The SMILES string of the molecule is OCC(F)(F)CNCc1cccc(C2CC2)c1. The van der Waals surface area contributed by atoms with E-state index in [1.807, 2.05) is 12.1 Å². The van der Waals surface area contributed by atoms with E-state index < -0.39 is 19.1 Å². The molecule has 0 aliphatic heterocycles. The Labute approximate surface area is 99.7 Å². The molecular formula is C13H17F2NO. The summed E-state index contributed by atoms with van der Waals surface area (Å²) in [6.45, 7) is -1.19. The van der Waals surface area contributed by atoms with Crippen LogP contribution in [0.2, 0.25) is 0 Å². The van der Waals surface area contributed by atoms with E-state index in [2.05, 4.69) is 17.4 Å². The Bertz CT molecular complexity index is 377. The first-order chi connectivity index (χ1) is 8.11. The third-order valence-corrected chi connectivity index (χ3v) is 2.94. The van der Waals surface area contributed by atoms with Crippen LogP contribution in [0.1, 0.15) is 29.9 Å². The van der Waals surface area contributed by atoms with Crippen molar-refractivity contribution in [1.82, 2.24) is 5.32 Å². The Kier molecular flexibility index (Phi) is 3.74. The fourth-order valence-electron chi connectivity index (χ4n) is 1.82. The fourth-order valence-corrected chi connectivity index (χ4v) is 1.82. The molecule has 2 N–H and O–H groups in total. The molecule has 1 saturated carbocycles. The van der Waals surface area contributed by atoms with Crippen LogP contribution in [-0.4, -0.2) is 24.2 Å². The van der Waals surface area contributed by atoms with Crippen molar-refractivity contribution in [3.05, 3.63) is 35.4 Å². The molecule has 1 aliphatic rings. The van der Waals surface area contributed by atoms with Crippen molar-refractivity contribution in [3.8, 4) is 0 Å². The van der Waals surface area contributed by atoms with E-state index in [0.29, 0.717) is 12.5 Å². The fraction of sp³-hybridized carbons (Fsp3) is 0.538. The van der Waals surface area contributed by atoms with Crippen LogP contribution in [0.15, 0.2) is 24.3 Å². The van der Waals surface area contributed by atoms with Gasteiger partial charge in [-0.25, -0.2) is 8.78 Å². The molecule has 2 nitrogen and oxygen atoms in total. The van der Waals surface area contributed by atoms with Crippen LogP contribution in [0.25, 0.3) is 0 Å². The van der Waals surface area contributed by atoms with Gasteiger partial charge >= 0.3 is 0 Å². The summed E-state index contributed by atoms with van der Waals surface area (Å²) in [4.78, 5) is 0. The first-order valence-corrected chi connectivity index (χ1v) is 5.89. The number of hydrogen-bond acceptors (Lipinski definition) is 2. The minimum atomic E-state index is -3.03. The highest BCUT2D eigenvalue weighted by Crippen LogP contribution is 2.40. The van der Waals surface area contributed by atoms with Crippen molar-refractivity contribution in [3.63, 3.8) is 0 Å². The Hall–Kier alpha value is -1.00. The van der Waals surface area contributed by atoms with Gasteiger partial charge in [-0.3, -0.25) is 0 Å². The summed E-state index contributed by atoms with van der Waals surface area (Å²) in [5, 5.41) is 11.1. The maximum atomic E-state index is 12.8. The monoisotopic (exact) mass is 241 g/mol. The molecule has 0 amide bonds. The average molecular weight is 241 g/mol. The molecule has 0 atom stereocenters. The minimum absolute atomic E-state index is 0.413. The number of hydrogen-bond donors (Lipinski definition) is 2. The van der Waals surface area contributed by atoms with E-state index in [9.17, 15) is 8.78 Å². The van der Waals surface area contributed by atoms with E-state index in [-0.39, 0.29) is 0 Å². The van der Waals surface area contributed by atoms with Gasteiger partial charge in [-0.2, -0.15) is 0 Å². The molecule has 0 spiro atoms. The van der Waals surface area contributed by atoms with Gasteiger partial charge in [0, 0.05) is 6.54 Å². The topological polar surface area (TPSA) is 32.3 Å². The highest BCUT2D eigenvalue weighted by molar-refractivity contribution is 5.29. The molecular weight excluding hydrogens is 224 g/mol. The van der Waals surface area contributed by atoms with Crippen LogP contribution in [0, 0.1) is 0 Å². The van der Waals surface area contributed by atoms with Gasteiger partial charge in [0.1, 0.15) is 6.61 Å². The van der Waals surface area contributed by atoms with Crippen LogP contribution in [-0.2, 0) is 6.54 Å². The van der Waals surface area contributed by atoms with Gasteiger partial charge in [0.15, 0.2) is 0 Å². The zero-order valence-corrected chi connectivity index (χ0v) is 9.63. The number of nitrogens with one attached hydrogen (secondary N) is 1. The van der Waals surface area contributed by atoms with Crippen molar-refractivity contribution in [2.45, 2.75) is 31.2 Å². The molecule has 1 aromatic rings. The zero-order valence-electron chi connectivity index (χ0n) is 9.63. The van der Waals surface area contributed by atoms with Crippen LogP contribution < -0.4 is 5.32 Å². The lowest BCUT2D eigenvalue weighted by Crippen LogP contribution is -2.35. The number of benzene rings is 1. The van der Waals surface area contributed by atoms with E-state index in [1.54, 1.807) is 0 Å². The summed E-state index contributed by atoms with van der Waals surface area (Å²) in [5.41, 5.74) is 2.32. The van der Waals surface area contributed by atoms with Crippen LogP contribution >= 0.6 is 0 Å². The molecule has 0 heterocycles. The normalized spacial score (nSPS) is 16.2. The second kappa shape index (κ2) is 5.10. The number of alkyl halides is 2. The molecule has 1 aromatic carbocycles. The lowest BCUT2D eigenvalue weighted by Gasteiger charge is -2.14. The van der Waals surface area contributed by atoms with Gasteiger partial charge in [0.05, 0.1) is 6.54 Å². The molecule has 2 rings (SSSR count). The predicted molar refractivity (Wildman–Crippen MR) is 62.2 cm³/mol. The molecule has 17 heavy (non-hydrogen) atoms. The largest absolute Gasteiger partial charge is 0.390 e. The Morgan fingerprint density at radius 3 is 2.76 bits per heavy atom. The van der Waals surface area contributed by atoms with Crippen molar-refractivity contribution >= 4 is 0 Å². The van der Waals surface area contributed by atoms with Gasteiger partial charge in [0.2, 0.25) is 0 Å². The molecule has 4 heteroatoms. The summed E-state index contributed by atoms with van der Waals surface area (Å²) in [7, 11) is 0. The Morgan fingerprint density at radius 2 is 2.12 bits per heavy atom. The third kappa shape index (κ3) is 3.75. The van der Waals surface area contributed by atoms with Crippen LogP contribution in [0.4, 0.5) is 8.78 Å². The van der Waals surface area contributed by atoms with Gasteiger partial charge in [-0.05, 0) is 29.9 Å². The van der Waals surface area contributed by atoms with E-state index in [4.69, 9.17) is 5.11 Å². The van der Waals surface area contributed by atoms with Crippen molar-refractivity contribution in [1.29, 1.82) is 0 Å².